The average Bonchev–Trinajstić information content (AvgIpc) is 2.45. The predicted octanol–water partition coefficient (Wildman–Crippen LogP) is 3.19. The molecule has 1 atom stereocenters. The van der Waals surface area contributed by atoms with Crippen molar-refractivity contribution in [3.63, 3.8) is 0 Å². The van der Waals surface area contributed by atoms with E-state index >= 15 is 0 Å². The van der Waals surface area contributed by atoms with Crippen LogP contribution in [0, 0.1) is 20.8 Å². The SMILES string of the molecule is Cc1cc(C)c(S(=O)(=O)N[C@H](CN(C)C)c2ccccc2)c(C)c1. The molecule has 2 rings (SSSR count). The molecule has 24 heavy (non-hydrogen) atoms. The van der Waals surface area contributed by atoms with Crippen LogP contribution in [0.2, 0.25) is 0 Å². The van der Waals surface area contributed by atoms with E-state index in [9.17, 15) is 8.42 Å². The van der Waals surface area contributed by atoms with E-state index in [2.05, 4.69) is 4.72 Å². The molecule has 0 spiro atoms. The van der Waals surface area contributed by atoms with E-state index in [1.165, 1.54) is 0 Å². The van der Waals surface area contributed by atoms with Crippen molar-refractivity contribution in [3.05, 3.63) is 64.7 Å². The topological polar surface area (TPSA) is 49.4 Å². The highest BCUT2D eigenvalue weighted by atomic mass is 32.2. The molecule has 0 bridgehead atoms. The van der Waals surface area contributed by atoms with Gasteiger partial charge in [0, 0.05) is 6.54 Å². The quantitative estimate of drug-likeness (QED) is 0.874. The van der Waals surface area contributed by atoms with E-state index < -0.39 is 10.0 Å². The van der Waals surface area contributed by atoms with Crippen LogP contribution in [0.1, 0.15) is 28.3 Å². The molecular weight excluding hydrogens is 320 g/mol. The zero-order chi connectivity index (χ0) is 17.9. The van der Waals surface area contributed by atoms with E-state index in [1.807, 2.05) is 82.2 Å². The highest BCUT2D eigenvalue weighted by Crippen LogP contribution is 2.24. The summed E-state index contributed by atoms with van der Waals surface area (Å²) in [7, 11) is 0.266. The summed E-state index contributed by atoms with van der Waals surface area (Å²) in [6.07, 6.45) is 0. The van der Waals surface area contributed by atoms with Crippen LogP contribution in [-0.4, -0.2) is 34.0 Å². The number of aryl methyl sites for hydroxylation is 3. The zero-order valence-electron chi connectivity index (χ0n) is 15.0. The Balaban J connectivity index is 2.41. The van der Waals surface area contributed by atoms with Crippen molar-refractivity contribution in [2.75, 3.05) is 20.6 Å². The van der Waals surface area contributed by atoms with Crippen molar-refractivity contribution in [2.24, 2.45) is 0 Å². The Morgan fingerprint density at radius 1 is 1.00 bits per heavy atom. The number of rotatable bonds is 6. The summed E-state index contributed by atoms with van der Waals surface area (Å²) in [5, 5.41) is 0. The fourth-order valence-corrected chi connectivity index (χ4v) is 4.77. The monoisotopic (exact) mass is 346 g/mol. The van der Waals surface area contributed by atoms with Crippen molar-refractivity contribution >= 4 is 10.0 Å². The molecule has 130 valence electrons. The van der Waals surface area contributed by atoms with Crippen LogP contribution >= 0.6 is 0 Å². The van der Waals surface area contributed by atoms with Crippen LogP contribution in [0.3, 0.4) is 0 Å². The Kier molecular flexibility index (Phi) is 5.80. The van der Waals surface area contributed by atoms with Gasteiger partial charge in [-0.2, -0.15) is 0 Å². The highest BCUT2D eigenvalue weighted by molar-refractivity contribution is 7.89. The Bertz CT molecular complexity index is 776. The molecule has 0 amide bonds. The molecule has 0 heterocycles. The second-order valence-corrected chi connectivity index (χ2v) is 8.23. The van der Waals surface area contributed by atoms with Crippen molar-refractivity contribution in [2.45, 2.75) is 31.7 Å². The molecule has 0 radical (unpaired) electrons. The molecule has 0 aliphatic rings. The van der Waals surface area contributed by atoms with E-state index in [4.69, 9.17) is 0 Å². The molecule has 2 aromatic rings. The van der Waals surface area contributed by atoms with Gasteiger partial charge < -0.3 is 4.90 Å². The van der Waals surface area contributed by atoms with Crippen molar-refractivity contribution in [3.8, 4) is 0 Å². The van der Waals surface area contributed by atoms with Crippen LogP contribution in [0.4, 0.5) is 0 Å². The molecule has 1 N–H and O–H groups in total. The molecule has 0 saturated carbocycles. The van der Waals surface area contributed by atoms with Crippen LogP contribution in [0.5, 0.6) is 0 Å². The van der Waals surface area contributed by atoms with Gasteiger partial charge in [0.05, 0.1) is 10.9 Å². The predicted molar refractivity (Wildman–Crippen MR) is 98.7 cm³/mol. The van der Waals surface area contributed by atoms with Crippen LogP contribution in [0.15, 0.2) is 47.4 Å². The molecule has 0 fully saturated rings. The Labute approximate surface area is 145 Å². The third-order valence-electron chi connectivity index (χ3n) is 3.92. The Morgan fingerprint density at radius 3 is 2.04 bits per heavy atom. The molecule has 4 nitrogen and oxygen atoms in total. The van der Waals surface area contributed by atoms with Gasteiger partial charge in [0.1, 0.15) is 0 Å². The maximum atomic E-state index is 13.0. The van der Waals surface area contributed by atoms with Gasteiger partial charge in [-0.05, 0) is 51.6 Å². The smallest absolute Gasteiger partial charge is 0.241 e. The minimum atomic E-state index is -3.61. The van der Waals surface area contributed by atoms with E-state index in [-0.39, 0.29) is 6.04 Å². The summed E-state index contributed by atoms with van der Waals surface area (Å²) in [6, 6.07) is 13.2. The largest absolute Gasteiger partial charge is 0.307 e. The second kappa shape index (κ2) is 7.47. The fourth-order valence-electron chi connectivity index (χ4n) is 3.10. The summed E-state index contributed by atoms with van der Waals surface area (Å²) in [5.41, 5.74) is 3.57. The summed E-state index contributed by atoms with van der Waals surface area (Å²) in [6.45, 7) is 6.26. The maximum Gasteiger partial charge on any atom is 0.241 e. The minimum absolute atomic E-state index is 0.300. The number of benzene rings is 2. The number of hydrogen-bond acceptors (Lipinski definition) is 3. The first-order valence-corrected chi connectivity index (χ1v) is 9.49. The van der Waals surface area contributed by atoms with Gasteiger partial charge in [-0.25, -0.2) is 13.1 Å². The van der Waals surface area contributed by atoms with Crippen molar-refractivity contribution in [1.82, 2.24) is 9.62 Å². The normalized spacial score (nSPS) is 13.2. The van der Waals surface area contributed by atoms with Crippen molar-refractivity contribution in [1.29, 1.82) is 0 Å². The highest BCUT2D eigenvalue weighted by Gasteiger charge is 2.25. The lowest BCUT2D eigenvalue weighted by Crippen LogP contribution is -2.35. The lowest BCUT2D eigenvalue weighted by atomic mass is 10.1. The Hall–Kier alpha value is -1.69. The number of hydrogen-bond donors (Lipinski definition) is 1. The van der Waals surface area contributed by atoms with E-state index in [0.717, 1.165) is 22.3 Å². The van der Waals surface area contributed by atoms with Gasteiger partial charge in [-0.3, -0.25) is 0 Å². The lowest BCUT2D eigenvalue weighted by Gasteiger charge is -2.24. The number of nitrogens with zero attached hydrogens (tertiary/aromatic N) is 1. The minimum Gasteiger partial charge on any atom is -0.307 e. The Morgan fingerprint density at radius 2 is 1.54 bits per heavy atom. The average molecular weight is 346 g/mol. The second-order valence-electron chi connectivity index (χ2n) is 6.57. The first-order valence-electron chi connectivity index (χ1n) is 8.00. The first kappa shape index (κ1) is 18.6. The first-order chi connectivity index (χ1) is 11.2. The van der Waals surface area contributed by atoms with Gasteiger partial charge in [0.25, 0.3) is 0 Å². The molecule has 0 aliphatic heterocycles. The summed E-state index contributed by atoms with van der Waals surface area (Å²) in [4.78, 5) is 2.36. The van der Waals surface area contributed by atoms with Crippen LogP contribution < -0.4 is 4.72 Å². The molecule has 2 aromatic carbocycles. The number of nitrogens with one attached hydrogen (secondary N) is 1. The zero-order valence-corrected chi connectivity index (χ0v) is 15.8. The lowest BCUT2D eigenvalue weighted by molar-refractivity contribution is 0.363. The van der Waals surface area contributed by atoms with Gasteiger partial charge in [0.15, 0.2) is 0 Å². The van der Waals surface area contributed by atoms with Crippen LogP contribution in [0.25, 0.3) is 0 Å². The molecule has 0 aromatic heterocycles. The van der Waals surface area contributed by atoms with Crippen molar-refractivity contribution < 1.29 is 8.42 Å². The molecule has 0 saturated heterocycles. The third-order valence-corrected chi connectivity index (χ3v) is 5.70. The van der Waals surface area contributed by atoms with Gasteiger partial charge in [0.2, 0.25) is 10.0 Å². The molecular formula is C19H26N2O2S. The fraction of sp³-hybridized carbons (Fsp3) is 0.368. The third kappa shape index (κ3) is 4.44. The molecule has 5 heteroatoms. The summed E-state index contributed by atoms with van der Waals surface area (Å²) >= 11 is 0. The van der Waals surface area contributed by atoms with Crippen LogP contribution in [-0.2, 0) is 10.0 Å². The number of likely N-dealkylation sites (N-methyl/N-ethyl adjacent to an activating group) is 1. The van der Waals surface area contributed by atoms with E-state index in [0.29, 0.717) is 11.4 Å². The van der Waals surface area contributed by atoms with Gasteiger partial charge >= 0.3 is 0 Å². The standard InChI is InChI=1S/C19H26N2O2S/c1-14-11-15(2)19(16(3)12-14)24(22,23)20-18(13-21(4)5)17-9-7-6-8-10-17/h6-12,18,20H,13H2,1-5H3/t18-/m1/s1. The maximum absolute atomic E-state index is 13.0. The van der Waals surface area contributed by atoms with E-state index in [1.54, 1.807) is 0 Å². The molecule has 0 aliphatic carbocycles. The van der Waals surface area contributed by atoms with Gasteiger partial charge in [-0.15, -0.1) is 0 Å². The number of sulfonamides is 1. The summed E-state index contributed by atoms with van der Waals surface area (Å²) < 4.78 is 28.9. The van der Waals surface area contributed by atoms with Gasteiger partial charge in [-0.1, -0.05) is 48.0 Å². The summed E-state index contributed by atoms with van der Waals surface area (Å²) in [5.74, 6) is 0. The molecule has 0 unspecified atom stereocenters.